The van der Waals surface area contributed by atoms with Crippen LogP contribution in [-0.4, -0.2) is 23.9 Å². The van der Waals surface area contributed by atoms with Gasteiger partial charge in [0.05, 0.1) is 22.2 Å². The van der Waals surface area contributed by atoms with Gasteiger partial charge in [0.15, 0.2) is 0 Å². The lowest BCUT2D eigenvalue weighted by Gasteiger charge is -2.29. The summed E-state index contributed by atoms with van der Waals surface area (Å²) in [5, 5.41) is 4.91. The molecule has 35 heavy (non-hydrogen) atoms. The molecule has 4 rings (SSSR count). The summed E-state index contributed by atoms with van der Waals surface area (Å²) >= 11 is 20.5. The monoisotopic (exact) mass is 548 g/mol. The highest BCUT2D eigenvalue weighted by Crippen LogP contribution is 2.39. The van der Waals surface area contributed by atoms with Gasteiger partial charge in [0.1, 0.15) is 0 Å². The van der Waals surface area contributed by atoms with Gasteiger partial charge in [-0.05, 0) is 85.5 Å². The van der Waals surface area contributed by atoms with Gasteiger partial charge in [0.2, 0.25) is 0 Å². The van der Waals surface area contributed by atoms with E-state index in [0.717, 1.165) is 30.6 Å². The quantitative estimate of drug-likeness (QED) is 0.305. The number of thiophene rings is 1. The highest BCUT2D eigenvalue weighted by molar-refractivity contribution is 7.12. The van der Waals surface area contributed by atoms with E-state index in [1.165, 1.54) is 21.7 Å². The maximum Gasteiger partial charge on any atom is 0.256 e. The first-order chi connectivity index (χ1) is 16.6. The number of rotatable bonds is 8. The number of nitrogens with zero attached hydrogens (tertiary/aromatic N) is 1. The summed E-state index contributed by atoms with van der Waals surface area (Å²) in [7, 11) is 0. The van der Waals surface area contributed by atoms with Crippen molar-refractivity contribution in [3.63, 3.8) is 0 Å². The molecule has 1 aliphatic rings. The summed E-state index contributed by atoms with van der Waals surface area (Å²) in [5.41, 5.74) is 4.21. The molecule has 0 radical (unpaired) electrons. The number of carbonyl (C=O) groups excluding carboxylic acids is 1. The first kappa shape index (κ1) is 26.3. The molecular formula is C28H31Cl3N2OS. The summed E-state index contributed by atoms with van der Waals surface area (Å²) in [4.78, 5) is 18.5. The Morgan fingerprint density at radius 3 is 2.63 bits per heavy atom. The van der Waals surface area contributed by atoms with Crippen LogP contribution in [0.1, 0.15) is 58.4 Å². The van der Waals surface area contributed by atoms with Crippen molar-refractivity contribution >= 4 is 57.7 Å². The molecule has 1 N–H and O–H groups in total. The van der Waals surface area contributed by atoms with Gasteiger partial charge < -0.3 is 10.2 Å². The zero-order valence-corrected chi connectivity index (χ0v) is 23.5. The van der Waals surface area contributed by atoms with Gasteiger partial charge in [-0.25, -0.2) is 0 Å². The van der Waals surface area contributed by atoms with Gasteiger partial charge in [0, 0.05) is 33.6 Å². The Labute approximate surface area is 227 Å². The second-order valence-corrected chi connectivity index (χ2v) is 12.4. The van der Waals surface area contributed by atoms with Crippen LogP contribution < -0.4 is 5.32 Å². The van der Waals surface area contributed by atoms with Crippen molar-refractivity contribution in [2.45, 2.75) is 53.0 Å². The van der Waals surface area contributed by atoms with E-state index in [-0.39, 0.29) is 5.91 Å². The largest absolute Gasteiger partial charge is 0.385 e. The molecule has 0 fully saturated rings. The molecule has 7 heteroatoms. The van der Waals surface area contributed by atoms with Crippen LogP contribution in [0.4, 0.5) is 5.69 Å². The second-order valence-electron chi connectivity index (χ2n) is 9.95. The first-order valence-electron chi connectivity index (χ1n) is 12.0. The molecule has 0 spiro atoms. The van der Waals surface area contributed by atoms with Crippen LogP contribution in [0.5, 0.6) is 0 Å². The smallest absolute Gasteiger partial charge is 0.256 e. The lowest BCUT2D eigenvalue weighted by Crippen LogP contribution is -2.33. The Morgan fingerprint density at radius 1 is 1.09 bits per heavy atom. The molecule has 0 unspecified atom stereocenters. The predicted molar refractivity (Wildman–Crippen MR) is 151 cm³/mol. The van der Waals surface area contributed by atoms with Crippen LogP contribution in [0, 0.1) is 5.41 Å². The number of fused-ring (bicyclic) bond motifs is 1. The van der Waals surface area contributed by atoms with Gasteiger partial charge in [-0.2, -0.15) is 0 Å². The second kappa shape index (κ2) is 11.1. The van der Waals surface area contributed by atoms with Crippen LogP contribution in [-0.2, 0) is 25.8 Å². The van der Waals surface area contributed by atoms with Crippen LogP contribution in [0.2, 0.25) is 15.1 Å². The van der Waals surface area contributed by atoms with Crippen molar-refractivity contribution < 1.29 is 4.79 Å². The fourth-order valence-electron chi connectivity index (χ4n) is 4.63. The molecule has 0 bridgehead atoms. The number of amides is 1. The maximum atomic E-state index is 13.9. The standard InChI is InChI=1S/C28H31Cl3N2OS/c1-4-32-25-8-6-20(29)15-22(25)27(34)33(12-10-18-5-7-23(30)24(31)13-18)17-21-14-19-16-28(2,3)11-9-26(19)35-21/h5-8,13-15,32H,4,9-12,16-17H2,1-3H3. The summed E-state index contributed by atoms with van der Waals surface area (Å²) in [6.07, 6.45) is 4.09. The number of carbonyl (C=O) groups is 1. The number of nitrogens with one attached hydrogen (secondary N) is 1. The van der Waals surface area contributed by atoms with Crippen molar-refractivity contribution in [2.24, 2.45) is 5.41 Å². The number of anilines is 1. The zero-order chi connectivity index (χ0) is 25.2. The van der Waals surface area contributed by atoms with E-state index < -0.39 is 0 Å². The lowest BCUT2D eigenvalue weighted by atomic mass is 9.77. The Hall–Kier alpha value is -1.72. The molecule has 3 aromatic rings. The molecule has 0 aliphatic heterocycles. The molecule has 1 heterocycles. The molecule has 2 aromatic carbocycles. The number of halogens is 3. The SMILES string of the molecule is CCNc1ccc(Cl)cc1C(=O)N(CCc1ccc(Cl)c(Cl)c1)Cc1cc2c(s1)CCC(C)(C)C2. The van der Waals surface area contributed by atoms with E-state index >= 15 is 0 Å². The highest BCUT2D eigenvalue weighted by atomic mass is 35.5. The van der Waals surface area contributed by atoms with Gasteiger partial charge in [-0.3, -0.25) is 4.79 Å². The van der Waals surface area contributed by atoms with E-state index in [1.54, 1.807) is 12.1 Å². The molecule has 1 amide bonds. The molecule has 0 saturated carbocycles. The Kier molecular flexibility index (Phi) is 8.38. The van der Waals surface area contributed by atoms with Crippen molar-refractivity contribution in [1.29, 1.82) is 0 Å². The normalized spacial score (nSPS) is 14.5. The number of benzene rings is 2. The number of aryl methyl sites for hydroxylation is 1. The predicted octanol–water partition coefficient (Wildman–Crippen LogP) is 8.54. The van der Waals surface area contributed by atoms with Crippen LogP contribution in [0.25, 0.3) is 0 Å². The molecule has 186 valence electrons. The third-order valence-corrected chi connectivity index (χ3v) is 8.71. The fourth-order valence-corrected chi connectivity index (χ4v) is 6.33. The maximum absolute atomic E-state index is 13.9. The minimum atomic E-state index is -0.0322. The first-order valence-corrected chi connectivity index (χ1v) is 14.0. The molecule has 0 saturated heterocycles. The summed E-state index contributed by atoms with van der Waals surface area (Å²) in [6, 6.07) is 13.4. The topological polar surface area (TPSA) is 32.3 Å². The van der Waals surface area contributed by atoms with Crippen molar-refractivity contribution in [3.05, 3.63) is 84.0 Å². The van der Waals surface area contributed by atoms with Crippen molar-refractivity contribution in [2.75, 3.05) is 18.4 Å². The number of hydrogen-bond donors (Lipinski definition) is 1. The van der Waals surface area contributed by atoms with Crippen LogP contribution in [0.15, 0.2) is 42.5 Å². The fraction of sp³-hybridized carbons (Fsp3) is 0.393. The van der Waals surface area contributed by atoms with E-state index in [4.69, 9.17) is 34.8 Å². The molecule has 3 nitrogen and oxygen atoms in total. The van der Waals surface area contributed by atoms with E-state index in [0.29, 0.717) is 45.6 Å². The average molecular weight is 550 g/mol. The summed E-state index contributed by atoms with van der Waals surface area (Å²) in [6.45, 7) is 8.53. The van der Waals surface area contributed by atoms with E-state index in [1.807, 2.05) is 47.4 Å². The average Bonchev–Trinajstić information content (AvgIpc) is 3.20. The third-order valence-electron chi connectivity index (χ3n) is 6.51. The molecule has 1 aromatic heterocycles. The van der Waals surface area contributed by atoms with Gasteiger partial charge >= 0.3 is 0 Å². The molecule has 1 aliphatic carbocycles. The summed E-state index contributed by atoms with van der Waals surface area (Å²) < 4.78 is 0. The van der Waals surface area contributed by atoms with Crippen LogP contribution in [0.3, 0.4) is 0 Å². The minimum absolute atomic E-state index is 0.0322. The zero-order valence-electron chi connectivity index (χ0n) is 20.4. The Morgan fingerprint density at radius 2 is 1.89 bits per heavy atom. The van der Waals surface area contributed by atoms with Crippen LogP contribution >= 0.6 is 46.1 Å². The number of hydrogen-bond acceptors (Lipinski definition) is 3. The van der Waals surface area contributed by atoms with Crippen molar-refractivity contribution in [3.8, 4) is 0 Å². The lowest BCUT2D eigenvalue weighted by molar-refractivity contribution is 0.0747. The third kappa shape index (κ3) is 6.54. The highest BCUT2D eigenvalue weighted by Gasteiger charge is 2.28. The Balaban J connectivity index is 1.62. The van der Waals surface area contributed by atoms with E-state index in [9.17, 15) is 4.79 Å². The van der Waals surface area contributed by atoms with Gasteiger partial charge in [0.25, 0.3) is 5.91 Å². The Bertz CT molecular complexity index is 1220. The van der Waals surface area contributed by atoms with Gasteiger partial charge in [-0.1, -0.05) is 54.7 Å². The van der Waals surface area contributed by atoms with E-state index in [2.05, 4.69) is 25.2 Å². The van der Waals surface area contributed by atoms with Gasteiger partial charge in [-0.15, -0.1) is 11.3 Å². The molecular weight excluding hydrogens is 519 g/mol. The summed E-state index contributed by atoms with van der Waals surface area (Å²) in [5.74, 6) is -0.0322. The van der Waals surface area contributed by atoms with Crippen molar-refractivity contribution in [1.82, 2.24) is 4.90 Å². The molecule has 0 atom stereocenters. The minimum Gasteiger partial charge on any atom is -0.385 e.